The van der Waals surface area contributed by atoms with Gasteiger partial charge in [0.2, 0.25) is 5.95 Å². The van der Waals surface area contributed by atoms with Crippen molar-refractivity contribution in [3.8, 4) is 22.9 Å². The summed E-state index contributed by atoms with van der Waals surface area (Å²) in [6, 6.07) is 9.88. The fourth-order valence-corrected chi connectivity index (χ4v) is 1.71. The third kappa shape index (κ3) is 3.69. The van der Waals surface area contributed by atoms with Gasteiger partial charge in [-0.3, -0.25) is 0 Å². The second-order valence-corrected chi connectivity index (χ2v) is 4.09. The van der Waals surface area contributed by atoms with Gasteiger partial charge in [0.1, 0.15) is 5.75 Å². The molecule has 0 aliphatic carbocycles. The lowest BCUT2D eigenvalue weighted by Gasteiger charge is -2.06. The molecule has 2 rings (SSSR count). The van der Waals surface area contributed by atoms with E-state index in [0.29, 0.717) is 25.5 Å². The van der Waals surface area contributed by atoms with Gasteiger partial charge in [-0.15, -0.1) is 0 Å². The lowest BCUT2D eigenvalue weighted by molar-refractivity contribution is 0.340. The number of nitrogens with zero attached hydrogens (tertiary/aromatic N) is 3. The van der Waals surface area contributed by atoms with Gasteiger partial charge in [0.05, 0.1) is 19.1 Å². The lowest BCUT2D eigenvalue weighted by Crippen LogP contribution is -2.04. The lowest BCUT2D eigenvalue weighted by atomic mass is 10.1. The summed E-state index contributed by atoms with van der Waals surface area (Å²) in [6.45, 7) is 3.17. The summed E-state index contributed by atoms with van der Waals surface area (Å²) >= 11 is 0. The minimum absolute atomic E-state index is 0.435. The molecule has 2 aromatic rings. The van der Waals surface area contributed by atoms with Crippen LogP contribution >= 0.6 is 0 Å². The van der Waals surface area contributed by atoms with Gasteiger partial charge in [-0.2, -0.15) is 5.26 Å². The normalized spacial score (nSPS) is 9.80. The molecule has 0 radical (unpaired) electrons. The van der Waals surface area contributed by atoms with E-state index in [-0.39, 0.29) is 0 Å². The van der Waals surface area contributed by atoms with Crippen molar-refractivity contribution in [3.05, 3.63) is 36.7 Å². The molecule has 0 amide bonds. The number of rotatable bonds is 6. The summed E-state index contributed by atoms with van der Waals surface area (Å²) in [4.78, 5) is 8.45. The molecule has 0 unspecified atom stereocenters. The van der Waals surface area contributed by atoms with E-state index in [1.165, 1.54) is 0 Å². The van der Waals surface area contributed by atoms with E-state index >= 15 is 0 Å². The Bertz CT molecular complexity index is 572. The van der Waals surface area contributed by atoms with E-state index < -0.39 is 0 Å². The number of aromatic nitrogens is 2. The molecule has 0 aliphatic heterocycles. The van der Waals surface area contributed by atoms with E-state index in [2.05, 4.69) is 21.4 Å². The van der Waals surface area contributed by atoms with Gasteiger partial charge in [-0.25, -0.2) is 9.97 Å². The van der Waals surface area contributed by atoms with Crippen LogP contribution in [-0.4, -0.2) is 23.1 Å². The van der Waals surface area contributed by atoms with Crippen LogP contribution in [0.3, 0.4) is 0 Å². The first-order chi connectivity index (χ1) is 9.83. The van der Waals surface area contributed by atoms with Crippen LogP contribution in [0.15, 0.2) is 36.7 Å². The van der Waals surface area contributed by atoms with Gasteiger partial charge in [-0.1, -0.05) is 12.1 Å². The predicted octanol–water partition coefficient (Wildman–Crippen LogP) is 2.87. The molecule has 1 heterocycles. The van der Waals surface area contributed by atoms with Gasteiger partial charge in [0.15, 0.2) is 0 Å². The van der Waals surface area contributed by atoms with Crippen LogP contribution in [0.4, 0.5) is 5.95 Å². The monoisotopic (exact) mass is 268 g/mol. The van der Waals surface area contributed by atoms with Gasteiger partial charge in [-0.05, 0) is 24.6 Å². The molecule has 1 aromatic heterocycles. The Kier molecular flexibility index (Phi) is 4.90. The second-order valence-electron chi connectivity index (χ2n) is 4.09. The highest BCUT2D eigenvalue weighted by molar-refractivity contribution is 5.62. The Morgan fingerprint density at radius 2 is 1.85 bits per heavy atom. The number of nitrogens with one attached hydrogen (secondary N) is 1. The van der Waals surface area contributed by atoms with E-state index in [1.54, 1.807) is 12.4 Å². The van der Waals surface area contributed by atoms with Gasteiger partial charge in [0.25, 0.3) is 0 Å². The number of ether oxygens (including phenoxy) is 1. The van der Waals surface area contributed by atoms with Crippen molar-refractivity contribution in [1.29, 1.82) is 5.26 Å². The highest BCUT2D eigenvalue weighted by Gasteiger charge is 2.01. The van der Waals surface area contributed by atoms with Crippen LogP contribution < -0.4 is 10.1 Å². The molecular weight excluding hydrogens is 252 g/mol. The maximum atomic E-state index is 8.46. The average Bonchev–Trinajstić information content (AvgIpc) is 2.49. The number of hydrogen-bond donors (Lipinski definition) is 1. The van der Waals surface area contributed by atoms with E-state index in [9.17, 15) is 0 Å². The SMILES string of the molecule is CCOc1ccc(-c2cnc(NCCC#N)nc2)cc1. The molecular formula is C15H16N4O. The van der Waals surface area contributed by atoms with Crippen LogP contribution in [0.1, 0.15) is 13.3 Å². The molecule has 0 bridgehead atoms. The minimum atomic E-state index is 0.435. The topological polar surface area (TPSA) is 70.8 Å². The Morgan fingerprint density at radius 3 is 2.45 bits per heavy atom. The number of hydrogen-bond acceptors (Lipinski definition) is 5. The highest BCUT2D eigenvalue weighted by atomic mass is 16.5. The first kappa shape index (κ1) is 13.8. The molecule has 5 nitrogen and oxygen atoms in total. The van der Waals surface area contributed by atoms with Crippen molar-refractivity contribution < 1.29 is 4.74 Å². The maximum absolute atomic E-state index is 8.46. The standard InChI is InChI=1S/C15H16N4O/c1-2-20-14-6-4-12(5-7-14)13-10-18-15(19-11-13)17-9-3-8-16/h4-7,10-11H,2-3,9H2,1H3,(H,17,18,19). The third-order valence-corrected chi connectivity index (χ3v) is 2.67. The van der Waals surface area contributed by atoms with Crippen molar-refractivity contribution in [2.75, 3.05) is 18.5 Å². The quantitative estimate of drug-likeness (QED) is 0.816. The van der Waals surface area contributed by atoms with Crippen LogP contribution in [0, 0.1) is 11.3 Å². The maximum Gasteiger partial charge on any atom is 0.222 e. The molecule has 0 spiro atoms. The molecule has 0 atom stereocenters. The summed E-state index contributed by atoms with van der Waals surface area (Å²) in [5.74, 6) is 1.39. The smallest absolute Gasteiger partial charge is 0.222 e. The number of anilines is 1. The van der Waals surface area contributed by atoms with Crippen LogP contribution in [0.2, 0.25) is 0 Å². The average molecular weight is 268 g/mol. The molecule has 0 saturated heterocycles. The van der Waals surface area contributed by atoms with Gasteiger partial charge in [0, 0.05) is 24.5 Å². The summed E-state index contributed by atoms with van der Waals surface area (Å²) in [5, 5.41) is 11.4. The Hall–Kier alpha value is -2.61. The zero-order valence-corrected chi connectivity index (χ0v) is 11.3. The predicted molar refractivity (Wildman–Crippen MR) is 77.4 cm³/mol. The van der Waals surface area contributed by atoms with Crippen LogP contribution in [-0.2, 0) is 0 Å². The molecule has 5 heteroatoms. The molecule has 0 saturated carbocycles. The minimum Gasteiger partial charge on any atom is -0.494 e. The first-order valence-electron chi connectivity index (χ1n) is 6.49. The molecule has 0 fully saturated rings. The molecule has 0 aliphatic rings. The van der Waals surface area contributed by atoms with Crippen molar-refractivity contribution in [3.63, 3.8) is 0 Å². The second kappa shape index (κ2) is 7.10. The van der Waals surface area contributed by atoms with Gasteiger partial charge >= 0.3 is 0 Å². The van der Waals surface area contributed by atoms with Crippen molar-refractivity contribution in [1.82, 2.24) is 9.97 Å². The van der Waals surface area contributed by atoms with Crippen molar-refractivity contribution in [2.24, 2.45) is 0 Å². The Morgan fingerprint density at radius 1 is 1.15 bits per heavy atom. The van der Waals surface area contributed by atoms with Crippen LogP contribution in [0.25, 0.3) is 11.1 Å². The van der Waals surface area contributed by atoms with Crippen LogP contribution in [0.5, 0.6) is 5.75 Å². The summed E-state index contributed by atoms with van der Waals surface area (Å²) < 4.78 is 5.40. The van der Waals surface area contributed by atoms with E-state index in [4.69, 9.17) is 10.00 Å². The first-order valence-corrected chi connectivity index (χ1v) is 6.49. The number of benzene rings is 1. The summed E-state index contributed by atoms with van der Waals surface area (Å²) in [7, 11) is 0. The summed E-state index contributed by atoms with van der Waals surface area (Å²) in [6.07, 6.45) is 3.96. The molecule has 1 aromatic carbocycles. The van der Waals surface area contributed by atoms with Crippen molar-refractivity contribution in [2.45, 2.75) is 13.3 Å². The zero-order chi connectivity index (χ0) is 14.2. The van der Waals surface area contributed by atoms with Gasteiger partial charge < -0.3 is 10.1 Å². The largest absolute Gasteiger partial charge is 0.494 e. The fraction of sp³-hybridized carbons (Fsp3) is 0.267. The molecule has 1 N–H and O–H groups in total. The fourth-order valence-electron chi connectivity index (χ4n) is 1.71. The van der Waals surface area contributed by atoms with E-state index in [0.717, 1.165) is 16.9 Å². The summed E-state index contributed by atoms with van der Waals surface area (Å²) in [5.41, 5.74) is 1.98. The Labute approximate surface area is 118 Å². The molecule has 20 heavy (non-hydrogen) atoms. The molecule has 102 valence electrons. The zero-order valence-electron chi connectivity index (χ0n) is 11.3. The van der Waals surface area contributed by atoms with E-state index in [1.807, 2.05) is 31.2 Å². The Balaban J connectivity index is 2.03. The van der Waals surface area contributed by atoms with Crippen molar-refractivity contribution >= 4 is 5.95 Å². The third-order valence-electron chi connectivity index (χ3n) is 2.67. The highest BCUT2D eigenvalue weighted by Crippen LogP contribution is 2.21. The number of nitriles is 1.